The van der Waals surface area contributed by atoms with Gasteiger partial charge in [0.1, 0.15) is 52.1 Å². The van der Waals surface area contributed by atoms with Gasteiger partial charge in [0.25, 0.3) is 0 Å². The third kappa shape index (κ3) is 11.7. The Morgan fingerprint density at radius 3 is 1.86 bits per heavy atom. The summed E-state index contributed by atoms with van der Waals surface area (Å²) in [5.41, 5.74) is 9.69. The topological polar surface area (TPSA) is 147 Å². The highest BCUT2D eigenvalue weighted by Gasteiger charge is 2.22. The number of rotatable bonds is 5. The maximum Gasteiger partial charge on any atom is 0.150 e. The second-order valence-corrected chi connectivity index (χ2v) is 14.3. The Bertz CT molecular complexity index is 2740. The van der Waals surface area contributed by atoms with Crippen LogP contribution < -0.4 is 11.1 Å². The number of carbonyl (C=O) groups excluding carboxylic acids is 1. The van der Waals surface area contributed by atoms with E-state index in [1.807, 2.05) is 44.2 Å². The molecule has 8 aromatic rings. The fourth-order valence-corrected chi connectivity index (χ4v) is 6.12. The lowest BCUT2D eigenvalue weighted by molar-refractivity contribution is 0.112. The number of halogens is 6. The second kappa shape index (κ2) is 20.5. The number of nitrogens with two attached hydrogens (primary N) is 1. The molecule has 0 aliphatic heterocycles. The Kier molecular flexibility index (Phi) is 15.3. The fourth-order valence-electron chi connectivity index (χ4n) is 5.46. The first-order chi connectivity index (χ1) is 28.2. The zero-order valence-electron chi connectivity index (χ0n) is 31.2. The van der Waals surface area contributed by atoms with Gasteiger partial charge in [0.15, 0.2) is 0 Å². The number of aryl methyl sites for hydroxylation is 2. The van der Waals surface area contributed by atoms with Gasteiger partial charge in [-0.05, 0) is 85.1 Å². The molecular weight excluding hydrogens is 840 g/mol. The number of anilines is 2. The zero-order valence-corrected chi connectivity index (χ0v) is 34.2. The Labute approximate surface area is 358 Å². The van der Waals surface area contributed by atoms with Gasteiger partial charge < -0.3 is 21.3 Å². The molecule has 0 fully saturated rings. The molecule has 59 heavy (non-hydrogen) atoms. The minimum Gasteiger partial charge on any atom is -0.506 e. The maximum absolute atomic E-state index is 14.2. The predicted octanol–water partition coefficient (Wildman–Crippen LogP) is 12.1. The van der Waals surface area contributed by atoms with E-state index in [4.69, 9.17) is 52.1 Å². The van der Waals surface area contributed by atoms with Gasteiger partial charge in [0.2, 0.25) is 0 Å². The van der Waals surface area contributed by atoms with E-state index in [2.05, 4.69) is 25.3 Å². The molecule has 4 aromatic heterocycles. The van der Waals surface area contributed by atoms with E-state index in [0.29, 0.717) is 55.7 Å². The Balaban J connectivity index is 0.000000179. The number of nitrogens with one attached hydrogen (secondary N) is 1. The Morgan fingerprint density at radius 1 is 0.678 bits per heavy atom. The fraction of sp³-hybridized carbons (Fsp3) is 0.0682. The molecule has 1 unspecified atom stereocenters. The predicted molar refractivity (Wildman–Crippen MR) is 233 cm³/mol. The van der Waals surface area contributed by atoms with Gasteiger partial charge in [0, 0.05) is 46.7 Å². The lowest BCUT2D eigenvalue weighted by atomic mass is 9.96. The van der Waals surface area contributed by atoms with Gasteiger partial charge in [-0.15, -0.1) is 0 Å². The Hall–Kier alpha value is -6.11. The summed E-state index contributed by atoms with van der Waals surface area (Å²) >= 11 is 22.8. The first-order valence-corrected chi connectivity index (χ1v) is 19.0. The van der Waals surface area contributed by atoms with Crippen LogP contribution in [0, 0.1) is 25.5 Å². The molecule has 0 saturated heterocycles. The van der Waals surface area contributed by atoms with Gasteiger partial charge in [-0.25, -0.2) is 18.7 Å². The number of carbonyl (C=O) groups is 1. The molecule has 9 nitrogen and oxygen atoms in total. The molecule has 0 saturated carbocycles. The molecule has 0 radical (unpaired) electrons. The van der Waals surface area contributed by atoms with E-state index in [9.17, 15) is 23.8 Å². The average molecular weight is 875 g/mol. The summed E-state index contributed by atoms with van der Waals surface area (Å²) in [6.07, 6.45) is 6.91. The van der Waals surface area contributed by atoms with Crippen molar-refractivity contribution in [2.45, 2.75) is 19.9 Å². The van der Waals surface area contributed by atoms with Crippen LogP contribution in [0.15, 0.2) is 128 Å². The van der Waals surface area contributed by atoms with Crippen LogP contribution in [0.1, 0.15) is 38.7 Å². The van der Waals surface area contributed by atoms with Gasteiger partial charge in [-0.3, -0.25) is 14.8 Å². The largest absolute Gasteiger partial charge is 0.506 e. The van der Waals surface area contributed by atoms with Crippen molar-refractivity contribution >= 4 is 86.1 Å². The summed E-state index contributed by atoms with van der Waals surface area (Å²) in [6.45, 7) is 3.73. The summed E-state index contributed by atoms with van der Waals surface area (Å²) in [5, 5.41) is 26.5. The second-order valence-electron chi connectivity index (χ2n) is 12.6. The molecule has 5 N–H and O–H groups in total. The van der Waals surface area contributed by atoms with Crippen LogP contribution in [0.5, 0.6) is 11.5 Å². The van der Waals surface area contributed by atoms with Crippen LogP contribution in [0.2, 0.25) is 20.1 Å². The summed E-state index contributed by atoms with van der Waals surface area (Å²) in [7, 11) is 0. The van der Waals surface area contributed by atoms with Gasteiger partial charge in [-0.1, -0.05) is 94.9 Å². The molecule has 8 rings (SSSR count). The lowest BCUT2D eigenvalue weighted by Crippen LogP contribution is -2.15. The number of aromatic nitrogens is 4. The number of nitrogen functional groups attached to an aromatic ring is 1. The average Bonchev–Trinajstić information content (AvgIpc) is 3.23. The number of fused-ring (bicyclic) bond motifs is 2. The smallest absolute Gasteiger partial charge is 0.150 e. The van der Waals surface area contributed by atoms with Crippen molar-refractivity contribution in [2.75, 3.05) is 11.1 Å². The number of para-hydroxylation sites is 1. The standard InChI is InChI=1S/C22H16Cl2FN3O.C9H7NO.C7H4ClFO.C6H7ClN2/c1-12-9-15(23)11-27-22(12)28-19(14-5-7-17(24)18(25)10-14)16-6-4-13-3-2-8-26-20(13)21(16)29;11-8-5-1-3-7-4-2-6-10-9(7)8;8-6-2-1-5(4-10)3-7(6)9;1-4-2-5(7)3-9-6(4)8/h2-11,19,29H,1H3,(H,27,28);1-6,11H;1-4H;2-3H,1H3,(H2,8,9). The lowest BCUT2D eigenvalue weighted by Gasteiger charge is -2.23. The Morgan fingerprint density at radius 2 is 1.27 bits per heavy atom. The molecule has 15 heteroatoms. The number of hydrogen-bond acceptors (Lipinski definition) is 9. The number of aldehydes is 1. The van der Waals surface area contributed by atoms with Crippen LogP contribution >= 0.6 is 46.4 Å². The molecular formula is C44H34Cl4F2N6O3. The number of hydrogen-bond donors (Lipinski definition) is 4. The molecule has 0 bridgehead atoms. The quantitative estimate of drug-likeness (QED) is 0.124. The molecule has 1 atom stereocenters. The normalized spacial score (nSPS) is 10.9. The number of aromatic hydroxyl groups is 2. The van der Waals surface area contributed by atoms with Crippen molar-refractivity contribution in [3.8, 4) is 11.5 Å². The van der Waals surface area contributed by atoms with Crippen molar-refractivity contribution in [3.05, 3.63) is 187 Å². The third-order valence-electron chi connectivity index (χ3n) is 8.47. The van der Waals surface area contributed by atoms with E-state index >= 15 is 0 Å². The number of pyridine rings is 4. The molecule has 300 valence electrons. The summed E-state index contributed by atoms with van der Waals surface area (Å²) < 4.78 is 26.7. The van der Waals surface area contributed by atoms with E-state index < -0.39 is 17.7 Å². The van der Waals surface area contributed by atoms with Crippen LogP contribution in [-0.4, -0.2) is 36.4 Å². The number of phenols is 2. The number of nitrogens with zero attached hydrogens (tertiary/aromatic N) is 4. The van der Waals surface area contributed by atoms with Crippen molar-refractivity contribution in [3.63, 3.8) is 0 Å². The molecule has 4 aromatic carbocycles. The van der Waals surface area contributed by atoms with Crippen LogP contribution in [0.3, 0.4) is 0 Å². The van der Waals surface area contributed by atoms with Gasteiger partial charge >= 0.3 is 0 Å². The highest BCUT2D eigenvalue weighted by molar-refractivity contribution is 6.31. The first-order valence-electron chi connectivity index (χ1n) is 17.5. The molecule has 4 heterocycles. The van der Waals surface area contributed by atoms with Crippen molar-refractivity contribution in [1.29, 1.82) is 0 Å². The highest BCUT2D eigenvalue weighted by atomic mass is 35.5. The summed E-state index contributed by atoms with van der Waals surface area (Å²) in [6, 6.07) is 27.8. The summed E-state index contributed by atoms with van der Waals surface area (Å²) in [5.74, 6) is 0.252. The zero-order chi connectivity index (χ0) is 42.6. The molecule has 0 spiro atoms. The van der Waals surface area contributed by atoms with E-state index in [-0.39, 0.29) is 21.5 Å². The SMILES string of the molecule is Cc1cc(Cl)cnc1N.Cc1cc(Cl)cnc1NC(c1ccc(Cl)c(F)c1)c1ccc2cccnc2c1O.O=Cc1ccc(Cl)c(F)c1.Oc1cccc2cccnc12. The van der Waals surface area contributed by atoms with E-state index in [1.54, 1.807) is 54.9 Å². The van der Waals surface area contributed by atoms with Gasteiger partial charge in [-0.2, -0.15) is 0 Å². The number of benzene rings is 4. The van der Waals surface area contributed by atoms with Crippen LogP contribution in [0.25, 0.3) is 21.8 Å². The summed E-state index contributed by atoms with van der Waals surface area (Å²) in [4.78, 5) is 26.5. The van der Waals surface area contributed by atoms with Crippen molar-refractivity contribution < 1.29 is 23.8 Å². The van der Waals surface area contributed by atoms with E-state index in [0.717, 1.165) is 28.0 Å². The van der Waals surface area contributed by atoms with Crippen molar-refractivity contribution in [1.82, 2.24) is 19.9 Å². The van der Waals surface area contributed by atoms with E-state index in [1.165, 1.54) is 36.7 Å². The molecule has 0 amide bonds. The molecule has 0 aliphatic carbocycles. The molecule has 0 aliphatic rings. The van der Waals surface area contributed by atoms with Gasteiger partial charge in [0.05, 0.1) is 26.1 Å². The minimum atomic E-state index is -0.597. The third-order valence-corrected chi connectivity index (χ3v) is 9.50. The highest BCUT2D eigenvalue weighted by Crippen LogP contribution is 2.37. The monoisotopic (exact) mass is 872 g/mol. The first kappa shape index (κ1) is 44.0. The number of phenolic OH excluding ortho intramolecular Hbond substituents is 2. The van der Waals surface area contributed by atoms with Crippen molar-refractivity contribution in [2.24, 2.45) is 0 Å². The maximum atomic E-state index is 14.2. The minimum absolute atomic E-state index is 0.0163. The van der Waals surface area contributed by atoms with Crippen LogP contribution in [0.4, 0.5) is 20.4 Å². The van der Waals surface area contributed by atoms with Crippen LogP contribution in [-0.2, 0) is 0 Å².